The van der Waals surface area contributed by atoms with Gasteiger partial charge in [-0.3, -0.25) is 4.79 Å². The minimum Gasteiger partial charge on any atom is -0.492 e. The molecule has 3 nitrogen and oxygen atoms in total. The lowest BCUT2D eigenvalue weighted by Gasteiger charge is -2.15. The average molecular weight is 312 g/mol. The van der Waals surface area contributed by atoms with E-state index in [1.54, 1.807) is 18.0 Å². The second-order valence-electron chi connectivity index (χ2n) is 4.28. The zero-order chi connectivity index (χ0) is 13.5. The Morgan fingerprint density at radius 3 is 2.50 bits per heavy atom. The van der Waals surface area contributed by atoms with Crippen LogP contribution in [0.25, 0.3) is 0 Å². The Kier molecular flexibility index (Phi) is 5.92. The highest BCUT2D eigenvalue weighted by atomic mass is 79.9. The summed E-state index contributed by atoms with van der Waals surface area (Å²) in [5.41, 5.74) is 1.00. The van der Waals surface area contributed by atoms with Gasteiger partial charge in [0.2, 0.25) is 5.91 Å². The molecule has 98 valence electrons. The van der Waals surface area contributed by atoms with Crippen molar-refractivity contribution in [1.29, 1.82) is 0 Å². The number of likely N-dealkylation sites (N-methyl/N-ethyl adjacent to an activating group) is 1. The summed E-state index contributed by atoms with van der Waals surface area (Å²) in [6.07, 6.45) is 1.62. The molecule has 0 radical (unpaired) electrons. The molecular weight excluding hydrogens is 294 g/mol. The Hall–Kier alpha value is -1.29. The van der Waals surface area contributed by atoms with Gasteiger partial charge in [-0.15, -0.1) is 0 Å². The molecule has 0 unspecified atom stereocenters. The Labute approximate surface area is 117 Å². The fourth-order valence-electron chi connectivity index (χ4n) is 1.30. The lowest BCUT2D eigenvalue weighted by Crippen LogP contribution is -2.29. The highest BCUT2D eigenvalue weighted by Crippen LogP contribution is 2.15. The Morgan fingerprint density at radius 2 is 1.94 bits per heavy atom. The van der Waals surface area contributed by atoms with Crippen molar-refractivity contribution in [2.75, 3.05) is 20.2 Å². The predicted molar refractivity (Wildman–Crippen MR) is 76.7 cm³/mol. The van der Waals surface area contributed by atoms with Crippen LogP contribution in [0.4, 0.5) is 0 Å². The molecule has 18 heavy (non-hydrogen) atoms. The summed E-state index contributed by atoms with van der Waals surface area (Å²) in [6, 6.07) is 7.63. The zero-order valence-electron chi connectivity index (χ0n) is 10.9. The molecule has 0 fully saturated rings. The molecule has 0 atom stereocenters. The molecule has 0 bridgehead atoms. The number of amides is 1. The van der Waals surface area contributed by atoms with Crippen molar-refractivity contribution in [1.82, 2.24) is 4.90 Å². The van der Waals surface area contributed by atoms with Gasteiger partial charge in [-0.05, 0) is 38.1 Å². The average Bonchev–Trinajstić information content (AvgIpc) is 2.30. The number of hydrogen-bond acceptors (Lipinski definition) is 2. The molecule has 1 rings (SSSR count). The highest BCUT2D eigenvalue weighted by molar-refractivity contribution is 9.10. The number of rotatable bonds is 5. The van der Waals surface area contributed by atoms with Crippen LogP contribution in [0.5, 0.6) is 5.75 Å². The lowest BCUT2D eigenvalue weighted by atomic mass is 10.3. The highest BCUT2D eigenvalue weighted by Gasteiger charge is 2.05. The van der Waals surface area contributed by atoms with Crippen LogP contribution in [-0.2, 0) is 4.79 Å². The molecule has 4 heteroatoms. The predicted octanol–water partition coefficient (Wildman–Crippen LogP) is 3.25. The molecular formula is C14H18BrNO2. The minimum absolute atomic E-state index is 0.00871. The first-order valence-electron chi connectivity index (χ1n) is 5.77. The van der Waals surface area contributed by atoms with Crippen molar-refractivity contribution in [3.8, 4) is 5.75 Å². The second kappa shape index (κ2) is 7.21. The first-order chi connectivity index (χ1) is 8.49. The summed E-state index contributed by atoms with van der Waals surface area (Å²) in [7, 11) is 1.77. The van der Waals surface area contributed by atoms with Crippen LogP contribution in [0, 0.1) is 0 Å². The molecule has 0 N–H and O–H groups in total. The third kappa shape index (κ3) is 5.36. The third-order valence-corrected chi connectivity index (χ3v) is 2.83. The van der Waals surface area contributed by atoms with Gasteiger partial charge in [-0.2, -0.15) is 0 Å². The van der Waals surface area contributed by atoms with Gasteiger partial charge in [0.1, 0.15) is 12.4 Å². The first-order valence-corrected chi connectivity index (χ1v) is 6.56. The Balaban J connectivity index is 2.35. The van der Waals surface area contributed by atoms with Crippen LogP contribution in [0.15, 0.2) is 40.4 Å². The Morgan fingerprint density at radius 1 is 1.33 bits per heavy atom. The van der Waals surface area contributed by atoms with E-state index in [1.165, 1.54) is 0 Å². The van der Waals surface area contributed by atoms with Crippen LogP contribution < -0.4 is 4.74 Å². The van der Waals surface area contributed by atoms with Gasteiger partial charge in [0.15, 0.2) is 0 Å². The molecule has 0 saturated carbocycles. The molecule has 0 aliphatic heterocycles. The van der Waals surface area contributed by atoms with Gasteiger partial charge in [0.05, 0.1) is 6.54 Å². The van der Waals surface area contributed by atoms with Gasteiger partial charge in [-0.25, -0.2) is 0 Å². The van der Waals surface area contributed by atoms with Gasteiger partial charge in [-0.1, -0.05) is 21.5 Å². The molecule has 0 spiro atoms. The van der Waals surface area contributed by atoms with Crippen LogP contribution in [-0.4, -0.2) is 31.0 Å². The van der Waals surface area contributed by atoms with Crippen molar-refractivity contribution in [3.63, 3.8) is 0 Å². The van der Waals surface area contributed by atoms with E-state index < -0.39 is 0 Å². The monoisotopic (exact) mass is 311 g/mol. The van der Waals surface area contributed by atoms with Gasteiger partial charge in [0, 0.05) is 17.6 Å². The summed E-state index contributed by atoms with van der Waals surface area (Å²) in [6.45, 7) is 4.87. The topological polar surface area (TPSA) is 29.5 Å². The SMILES string of the molecule is CC(C)=CC(=O)N(C)CCOc1ccc(Br)cc1. The van der Waals surface area contributed by atoms with Gasteiger partial charge < -0.3 is 9.64 Å². The standard InChI is InChI=1S/C14H18BrNO2/c1-11(2)10-14(17)16(3)8-9-18-13-6-4-12(15)5-7-13/h4-7,10H,8-9H2,1-3H3. The quantitative estimate of drug-likeness (QED) is 0.781. The molecule has 1 aromatic carbocycles. The summed E-state index contributed by atoms with van der Waals surface area (Å²) in [4.78, 5) is 13.3. The van der Waals surface area contributed by atoms with E-state index in [-0.39, 0.29) is 5.91 Å². The van der Waals surface area contributed by atoms with Crippen molar-refractivity contribution in [2.24, 2.45) is 0 Å². The van der Waals surface area contributed by atoms with E-state index in [1.807, 2.05) is 38.1 Å². The van der Waals surface area contributed by atoms with Crippen LogP contribution in [0.2, 0.25) is 0 Å². The molecule has 0 aliphatic carbocycles. The number of ether oxygens (including phenoxy) is 1. The van der Waals surface area contributed by atoms with Crippen molar-refractivity contribution in [2.45, 2.75) is 13.8 Å². The largest absolute Gasteiger partial charge is 0.492 e. The lowest BCUT2D eigenvalue weighted by molar-refractivity contribution is -0.125. The fraction of sp³-hybridized carbons (Fsp3) is 0.357. The number of hydrogen-bond donors (Lipinski definition) is 0. The van der Waals surface area contributed by atoms with Crippen molar-refractivity contribution >= 4 is 21.8 Å². The number of nitrogens with zero attached hydrogens (tertiary/aromatic N) is 1. The first kappa shape index (κ1) is 14.8. The summed E-state index contributed by atoms with van der Waals surface area (Å²) in [5.74, 6) is 0.815. The molecule has 0 aromatic heterocycles. The zero-order valence-corrected chi connectivity index (χ0v) is 12.5. The molecule has 1 amide bonds. The normalized spacial score (nSPS) is 9.78. The molecule has 0 aliphatic rings. The smallest absolute Gasteiger partial charge is 0.246 e. The molecule has 0 saturated heterocycles. The van der Waals surface area contributed by atoms with Crippen LogP contribution in [0.3, 0.4) is 0 Å². The van der Waals surface area contributed by atoms with E-state index in [9.17, 15) is 4.79 Å². The summed E-state index contributed by atoms with van der Waals surface area (Å²) >= 11 is 3.36. The summed E-state index contributed by atoms with van der Waals surface area (Å²) in [5, 5.41) is 0. The maximum absolute atomic E-state index is 11.6. The van der Waals surface area contributed by atoms with Gasteiger partial charge >= 0.3 is 0 Å². The van der Waals surface area contributed by atoms with E-state index in [4.69, 9.17) is 4.74 Å². The van der Waals surface area contributed by atoms with E-state index in [0.717, 1.165) is 15.8 Å². The molecule has 1 aromatic rings. The van der Waals surface area contributed by atoms with Crippen LogP contribution in [0.1, 0.15) is 13.8 Å². The number of halogens is 1. The number of benzene rings is 1. The fourth-order valence-corrected chi connectivity index (χ4v) is 1.56. The molecule has 0 heterocycles. The third-order valence-electron chi connectivity index (χ3n) is 2.30. The van der Waals surface area contributed by atoms with Gasteiger partial charge in [0.25, 0.3) is 0 Å². The van der Waals surface area contributed by atoms with E-state index >= 15 is 0 Å². The van der Waals surface area contributed by atoms with Crippen LogP contribution >= 0.6 is 15.9 Å². The maximum Gasteiger partial charge on any atom is 0.246 e. The Bertz CT molecular complexity index is 422. The minimum atomic E-state index is 0.00871. The van der Waals surface area contributed by atoms with Crippen molar-refractivity contribution in [3.05, 3.63) is 40.4 Å². The maximum atomic E-state index is 11.6. The van der Waals surface area contributed by atoms with E-state index in [0.29, 0.717) is 13.2 Å². The number of allylic oxidation sites excluding steroid dienone is 1. The van der Waals surface area contributed by atoms with Crippen molar-refractivity contribution < 1.29 is 9.53 Å². The number of carbonyl (C=O) groups excluding carboxylic acids is 1. The number of carbonyl (C=O) groups is 1. The summed E-state index contributed by atoms with van der Waals surface area (Å²) < 4.78 is 6.57. The van der Waals surface area contributed by atoms with E-state index in [2.05, 4.69) is 15.9 Å². The second-order valence-corrected chi connectivity index (χ2v) is 5.20.